The summed E-state index contributed by atoms with van der Waals surface area (Å²) in [6.07, 6.45) is 2.23. The molecule has 0 radical (unpaired) electrons. The van der Waals surface area contributed by atoms with E-state index in [2.05, 4.69) is 25.0 Å². The number of ether oxygens (including phenoxy) is 1. The number of nitrogens with zero attached hydrogens (tertiary/aromatic N) is 4. The van der Waals surface area contributed by atoms with Crippen molar-refractivity contribution in [1.29, 1.82) is 0 Å². The van der Waals surface area contributed by atoms with Crippen LogP contribution in [0.2, 0.25) is 0 Å². The molecule has 1 aromatic heterocycles. The van der Waals surface area contributed by atoms with E-state index in [4.69, 9.17) is 4.74 Å². The van der Waals surface area contributed by atoms with Gasteiger partial charge in [0.25, 0.3) is 0 Å². The van der Waals surface area contributed by atoms with Crippen molar-refractivity contribution in [2.24, 2.45) is 0 Å². The minimum Gasteiger partial charge on any atom is -0.378 e. The average molecular weight is 416 g/mol. The van der Waals surface area contributed by atoms with Crippen LogP contribution in [0, 0.1) is 0 Å². The van der Waals surface area contributed by atoms with Gasteiger partial charge in [0.05, 0.1) is 18.5 Å². The van der Waals surface area contributed by atoms with Crippen LogP contribution in [0.5, 0.6) is 0 Å². The Morgan fingerprint density at radius 1 is 1.17 bits per heavy atom. The molecule has 1 amide bonds. The minimum atomic E-state index is -0.332. The number of thioether (sulfide) groups is 1. The van der Waals surface area contributed by atoms with Crippen LogP contribution < -0.4 is 10.2 Å². The number of morpholine rings is 1. The Balaban J connectivity index is 1.43. The summed E-state index contributed by atoms with van der Waals surface area (Å²) in [5.41, 5.74) is 1.30. The molecular weight excluding hydrogens is 390 g/mol. The first kappa shape index (κ1) is 19.9. The first-order valence-electron chi connectivity index (χ1n) is 9.89. The molecule has 4 rings (SSSR count). The Morgan fingerprint density at radius 3 is 2.48 bits per heavy atom. The van der Waals surface area contributed by atoms with E-state index in [0.717, 1.165) is 37.0 Å². The van der Waals surface area contributed by atoms with Gasteiger partial charge in [-0.1, -0.05) is 11.8 Å². The molecule has 2 heterocycles. The molecule has 1 atom stereocenters. The van der Waals surface area contributed by atoms with E-state index in [-0.39, 0.29) is 16.9 Å². The van der Waals surface area contributed by atoms with Crippen molar-refractivity contribution in [1.82, 2.24) is 14.8 Å². The summed E-state index contributed by atoms with van der Waals surface area (Å²) < 4.78 is 7.62. The Bertz CT molecular complexity index is 888. The molecule has 29 heavy (non-hydrogen) atoms. The van der Waals surface area contributed by atoms with Crippen LogP contribution in [0.4, 0.5) is 11.6 Å². The van der Waals surface area contributed by atoms with Crippen molar-refractivity contribution in [2.75, 3.05) is 36.5 Å². The number of nitrogens with one attached hydrogen (secondary N) is 1. The first-order chi connectivity index (χ1) is 14.0. The fourth-order valence-corrected chi connectivity index (χ4v) is 4.14. The molecule has 1 aromatic carbocycles. The van der Waals surface area contributed by atoms with Crippen molar-refractivity contribution < 1.29 is 14.3 Å². The van der Waals surface area contributed by atoms with Crippen LogP contribution in [-0.2, 0) is 9.53 Å². The van der Waals surface area contributed by atoms with Crippen LogP contribution >= 0.6 is 11.8 Å². The van der Waals surface area contributed by atoms with Crippen molar-refractivity contribution in [2.45, 2.75) is 43.1 Å². The molecule has 1 saturated carbocycles. The molecule has 1 aliphatic heterocycles. The monoisotopic (exact) mass is 415 g/mol. The van der Waals surface area contributed by atoms with Gasteiger partial charge in [0.1, 0.15) is 0 Å². The van der Waals surface area contributed by atoms with Gasteiger partial charge in [0, 0.05) is 30.4 Å². The van der Waals surface area contributed by atoms with Crippen LogP contribution in [-0.4, -0.2) is 58.0 Å². The molecule has 2 aromatic rings. The van der Waals surface area contributed by atoms with Crippen molar-refractivity contribution >= 4 is 35.1 Å². The molecule has 1 aliphatic carbocycles. The molecule has 9 heteroatoms. The number of hydrogen-bond donors (Lipinski definition) is 1. The fourth-order valence-electron chi connectivity index (χ4n) is 3.22. The molecule has 1 saturated heterocycles. The average Bonchev–Trinajstić information content (AvgIpc) is 3.49. The molecule has 1 unspecified atom stereocenters. The molecule has 1 N–H and O–H groups in total. The summed E-state index contributed by atoms with van der Waals surface area (Å²) >= 11 is 1.42. The second-order valence-corrected chi connectivity index (χ2v) is 8.67. The molecular formula is C20H25N5O3S. The lowest BCUT2D eigenvalue weighted by molar-refractivity contribution is -0.115. The maximum atomic E-state index is 12.7. The maximum absolute atomic E-state index is 12.7. The van der Waals surface area contributed by atoms with Crippen LogP contribution in [0.1, 0.15) is 43.1 Å². The topological polar surface area (TPSA) is 89.3 Å². The number of amides is 1. The largest absolute Gasteiger partial charge is 0.378 e. The Labute approximate surface area is 174 Å². The zero-order chi connectivity index (χ0) is 20.4. The number of aromatic nitrogens is 3. The van der Waals surface area contributed by atoms with Gasteiger partial charge >= 0.3 is 0 Å². The van der Waals surface area contributed by atoms with E-state index in [9.17, 15) is 9.59 Å². The van der Waals surface area contributed by atoms with Crippen LogP contribution in [0.25, 0.3) is 0 Å². The quantitative estimate of drug-likeness (QED) is 0.549. The standard InChI is InChI=1S/C20H25N5O3S/c1-13(26)15-3-5-16(6-4-15)21-18(27)14(2)29-20-23-22-19(25(20)17-7-8-17)24-9-11-28-12-10-24/h3-6,14,17H,7-12H2,1-2H3,(H,21,27). The SMILES string of the molecule is CC(=O)c1ccc(NC(=O)C(C)Sc2nnc(N3CCOCC3)n2C2CC2)cc1. The van der Waals surface area contributed by atoms with Crippen LogP contribution in [0.3, 0.4) is 0 Å². The van der Waals surface area contributed by atoms with E-state index in [1.54, 1.807) is 24.3 Å². The second kappa shape index (κ2) is 8.54. The third-order valence-corrected chi connectivity index (χ3v) is 6.12. The predicted octanol–water partition coefficient (Wildman–Crippen LogP) is 2.77. The smallest absolute Gasteiger partial charge is 0.237 e. The van der Waals surface area contributed by atoms with Crippen LogP contribution in [0.15, 0.2) is 29.4 Å². The third kappa shape index (κ3) is 4.62. The molecule has 2 aliphatic rings. The van der Waals surface area contributed by atoms with E-state index >= 15 is 0 Å². The highest BCUT2D eigenvalue weighted by Crippen LogP contribution is 2.41. The fraction of sp³-hybridized carbons (Fsp3) is 0.500. The summed E-state index contributed by atoms with van der Waals surface area (Å²) in [4.78, 5) is 26.2. The number of carbonyl (C=O) groups is 2. The molecule has 2 fully saturated rings. The molecule has 154 valence electrons. The highest BCUT2D eigenvalue weighted by molar-refractivity contribution is 8.00. The van der Waals surface area contributed by atoms with E-state index in [1.807, 2.05) is 6.92 Å². The van der Waals surface area contributed by atoms with Crippen molar-refractivity contribution in [3.05, 3.63) is 29.8 Å². The summed E-state index contributed by atoms with van der Waals surface area (Å²) in [6, 6.07) is 7.34. The van der Waals surface area contributed by atoms with Gasteiger partial charge in [0.15, 0.2) is 10.9 Å². The number of hydrogen-bond acceptors (Lipinski definition) is 7. The summed E-state index contributed by atoms with van der Waals surface area (Å²) in [5, 5.41) is 12.2. The summed E-state index contributed by atoms with van der Waals surface area (Å²) in [6.45, 7) is 6.39. The highest BCUT2D eigenvalue weighted by atomic mass is 32.2. The van der Waals surface area contributed by atoms with Gasteiger partial charge in [-0.2, -0.15) is 0 Å². The summed E-state index contributed by atoms with van der Waals surface area (Å²) in [7, 11) is 0. The van der Waals surface area contributed by atoms with Gasteiger partial charge in [0.2, 0.25) is 11.9 Å². The normalized spacial score (nSPS) is 17.8. The Morgan fingerprint density at radius 2 is 1.86 bits per heavy atom. The maximum Gasteiger partial charge on any atom is 0.237 e. The lowest BCUT2D eigenvalue weighted by Gasteiger charge is -2.28. The lowest BCUT2D eigenvalue weighted by Crippen LogP contribution is -2.38. The van der Waals surface area contributed by atoms with Gasteiger partial charge in [-0.3, -0.25) is 14.2 Å². The molecule has 0 bridgehead atoms. The minimum absolute atomic E-state index is 0.00212. The number of carbonyl (C=O) groups excluding carboxylic acids is 2. The predicted molar refractivity (Wildman–Crippen MR) is 112 cm³/mol. The van der Waals surface area contributed by atoms with Gasteiger partial charge in [-0.15, -0.1) is 10.2 Å². The Hall–Kier alpha value is -2.39. The number of anilines is 2. The van der Waals surface area contributed by atoms with E-state index in [1.165, 1.54) is 18.7 Å². The second-order valence-electron chi connectivity index (χ2n) is 7.37. The first-order valence-corrected chi connectivity index (χ1v) is 10.8. The van der Waals surface area contributed by atoms with Gasteiger partial charge < -0.3 is 15.0 Å². The summed E-state index contributed by atoms with van der Waals surface area (Å²) in [5.74, 6) is 0.775. The number of Topliss-reactive ketones (excluding diaryl/α,β-unsaturated/α-hetero) is 1. The van der Waals surface area contributed by atoms with Crippen molar-refractivity contribution in [3.8, 4) is 0 Å². The zero-order valence-electron chi connectivity index (χ0n) is 16.6. The lowest BCUT2D eigenvalue weighted by atomic mass is 10.1. The van der Waals surface area contributed by atoms with Gasteiger partial charge in [-0.25, -0.2) is 0 Å². The molecule has 0 spiro atoms. The zero-order valence-corrected chi connectivity index (χ0v) is 17.4. The van der Waals surface area contributed by atoms with Gasteiger partial charge in [-0.05, 0) is 51.0 Å². The number of rotatable bonds is 7. The molecule has 8 nitrogen and oxygen atoms in total. The van der Waals surface area contributed by atoms with Crippen molar-refractivity contribution in [3.63, 3.8) is 0 Å². The number of ketones is 1. The highest BCUT2D eigenvalue weighted by Gasteiger charge is 2.33. The number of benzene rings is 1. The third-order valence-electron chi connectivity index (χ3n) is 5.06. The van der Waals surface area contributed by atoms with E-state index in [0.29, 0.717) is 30.5 Å². The Kier molecular flexibility index (Phi) is 5.86. The van der Waals surface area contributed by atoms with E-state index < -0.39 is 0 Å².